The molecular formula is C14H24N2O2. The van der Waals surface area contributed by atoms with Crippen molar-refractivity contribution >= 4 is 11.8 Å². The van der Waals surface area contributed by atoms with Gasteiger partial charge in [-0.1, -0.05) is 25.3 Å². The minimum absolute atomic E-state index is 0.0462. The number of nitrogens with one attached hydrogen (secondary N) is 1. The number of allylic oxidation sites excluding steroid dienone is 1. The third-order valence-electron chi connectivity index (χ3n) is 3.77. The lowest BCUT2D eigenvalue weighted by Crippen LogP contribution is -2.41. The van der Waals surface area contributed by atoms with E-state index in [1.165, 1.54) is 6.42 Å². The predicted octanol–water partition coefficient (Wildman–Crippen LogP) is 1.61. The highest BCUT2D eigenvalue weighted by Crippen LogP contribution is 2.35. The predicted molar refractivity (Wildman–Crippen MR) is 71.6 cm³/mol. The lowest BCUT2D eigenvalue weighted by Gasteiger charge is -2.31. The van der Waals surface area contributed by atoms with Crippen LogP contribution in [0.25, 0.3) is 0 Å². The van der Waals surface area contributed by atoms with Gasteiger partial charge in [0.25, 0.3) is 0 Å². The molecule has 0 aromatic carbocycles. The number of carbonyl (C=O) groups is 2. The summed E-state index contributed by atoms with van der Waals surface area (Å²) in [6, 6.07) is 0. The molecular weight excluding hydrogens is 228 g/mol. The van der Waals surface area contributed by atoms with Crippen LogP contribution in [0.1, 0.15) is 39.0 Å². The van der Waals surface area contributed by atoms with E-state index in [9.17, 15) is 9.59 Å². The van der Waals surface area contributed by atoms with E-state index in [0.29, 0.717) is 18.9 Å². The Kier molecular flexibility index (Phi) is 5.89. The molecule has 2 amide bonds. The molecule has 0 aliphatic heterocycles. The Labute approximate surface area is 109 Å². The summed E-state index contributed by atoms with van der Waals surface area (Å²) < 4.78 is 0. The van der Waals surface area contributed by atoms with Gasteiger partial charge in [-0.15, -0.1) is 6.58 Å². The highest BCUT2D eigenvalue weighted by atomic mass is 16.2. The van der Waals surface area contributed by atoms with Crippen molar-refractivity contribution in [3.05, 3.63) is 12.7 Å². The van der Waals surface area contributed by atoms with Gasteiger partial charge in [0.2, 0.25) is 11.8 Å². The molecule has 102 valence electrons. The van der Waals surface area contributed by atoms with Gasteiger partial charge in [0, 0.05) is 6.54 Å². The Morgan fingerprint density at radius 3 is 2.50 bits per heavy atom. The molecule has 1 saturated carbocycles. The zero-order valence-corrected chi connectivity index (χ0v) is 11.2. The molecule has 3 N–H and O–H groups in total. The molecule has 0 aromatic rings. The Morgan fingerprint density at radius 2 is 2.11 bits per heavy atom. The second-order valence-corrected chi connectivity index (χ2v) is 5.07. The highest BCUT2D eigenvalue weighted by Gasteiger charge is 2.34. The maximum absolute atomic E-state index is 12.1. The van der Waals surface area contributed by atoms with E-state index in [-0.39, 0.29) is 11.8 Å². The maximum Gasteiger partial charge on any atom is 0.223 e. The SMILES string of the molecule is C=CC[C@H](C(N)=O)[C@@H](CC1CCC1)C(=O)NCC. The first kappa shape index (κ1) is 14.7. The number of rotatable bonds is 8. The molecule has 1 fully saturated rings. The highest BCUT2D eigenvalue weighted by molar-refractivity contribution is 5.87. The molecule has 1 aliphatic carbocycles. The molecule has 1 aliphatic rings. The van der Waals surface area contributed by atoms with Crippen LogP contribution in [0.4, 0.5) is 0 Å². The number of amides is 2. The Bertz CT molecular complexity index is 311. The third kappa shape index (κ3) is 3.86. The number of primary amides is 1. The molecule has 0 spiro atoms. The molecule has 0 radical (unpaired) electrons. The van der Waals surface area contributed by atoms with E-state index in [4.69, 9.17) is 5.73 Å². The van der Waals surface area contributed by atoms with E-state index in [1.807, 2.05) is 6.92 Å². The van der Waals surface area contributed by atoms with E-state index in [0.717, 1.165) is 19.3 Å². The fourth-order valence-electron chi connectivity index (χ4n) is 2.51. The molecule has 18 heavy (non-hydrogen) atoms. The van der Waals surface area contributed by atoms with Gasteiger partial charge in [-0.2, -0.15) is 0 Å². The van der Waals surface area contributed by atoms with Crippen molar-refractivity contribution < 1.29 is 9.59 Å². The summed E-state index contributed by atoms with van der Waals surface area (Å²) in [5.41, 5.74) is 5.43. The third-order valence-corrected chi connectivity index (χ3v) is 3.77. The second-order valence-electron chi connectivity index (χ2n) is 5.07. The van der Waals surface area contributed by atoms with E-state index in [2.05, 4.69) is 11.9 Å². The first-order chi connectivity index (χ1) is 8.60. The summed E-state index contributed by atoms with van der Waals surface area (Å²) >= 11 is 0. The first-order valence-electron chi connectivity index (χ1n) is 6.78. The quantitative estimate of drug-likeness (QED) is 0.644. The smallest absolute Gasteiger partial charge is 0.223 e. The maximum atomic E-state index is 12.1. The minimum atomic E-state index is -0.422. The van der Waals surface area contributed by atoms with Crippen molar-refractivity contribution in [2.24, 2.45) is 23.5 Å². The van der Waals surface area contributed by atoms with Crippen molar-refractivity contribution in [1.29, 1.82) is 0 Å². The second kappa shape index (κ2) is 7.19. The van der Waals surface area contributed by atoms with Crippen LogP contribution in [0.2, 0.25) is 0 Å². The average molecular weight is 252 g/mol. The van der Waals surface area contributed by atoms with Gasteiger partial charge in [-0.25, -0.2) is 0 Å². The van der Waals surface area contributed by atoms with E-state index >= 15 is 0 Å². The summed E-state index contributed by atoms with van der Waals surface area (Å²) in [7, 11) is 0. The van der Waals surface area contributed by atoms with Gasteiger partial charge in [-0.05, 0) is 25.7 Å². The fourth-order valence-corrected chi connectivity index (χ4v) is 2.51. The number of nitrogens with two attached hydrogens (primary N) is 1. The van der Waals surface area contributed by atoms with Crippen molar-refractivity contribution in [2.75, 3.05) is 6.54 Å². The average Bonchev–Trinajstić information content (AvgIpc) is 2.25. The standard InChI is InChI=1S/C14H24N2O2/c1-3-6-11(13(15)17)12(14(18)16-4-2)9-10-7-5-8-10/h3,10-12H,1,4-9H2,2H3,(H2,15,17)(H,16,18)/t11-,12+/m0/s1. The van der Waals surface area contributed by atoms with Gasteiger partial charge in [0.05, 0.1) is 11.8 Å². The fraction of sp³-hybridized carbons (Fsp3) is 0.714. The van der Waals surface area contributed by atoms with Crippen molar-refractivity contribution in [2.45, 2.75) is 39.0 Å². The largest absolute Gasteiger partial charge is 0.369 e. The van der Waals surface area contributed by atoms with Gasteiger partial charge >= 0.3 is 0 Å². The van der Waals surface area contributed by atoms with Gasteiger partial charge in [0.15, 0.2) is 0 Å². The van der Waals surface area contributed by atoms with Gasteiger partial charge in [-0.3, -0.25) is 9.59 Å². The summed E-state index contributed by atoms with van der Waals surface area (Å²) in [6.07, 6.45) is 6.47. The van der Waals surface area contributed by atoms with Crippen molar-refractivity contribution in [3.63, 3.8) is 0 Å². The first-order valence-corrected chi connectivity index (χ1v) is 6.78. The Morgan fingerprint density at radius 1 is 1.44 bits per heavy atom. The monoisotopic (exact) mass is 252 g/mol. The Hall–Kier alpha value is -1.32. The molecule has 0 aromatic heterocycles. The molecule has 0 unspecified atom stereocenters. The van der Waals surface area contributed by atoms with E-state index in [1.54, 1.807) is 6.08 Å². The zero-order chi connectivity index (χ0) is 13.5. The van der Waals surface area contributed by atoms with Crippen LogP contribution in [0, 0.1) is 17.8 Å². The summed E-state index contributed by atoms with van der Waals surface area (Å²) in [4.78, 5) is 23.6. The Balaban J connectivity index is 2.74. The van der Waals surface area contributed by atoms with Crippen LogP contribution >= 0.6 is 0 Å². The lowest BCUT2D eigenvalue weighted by atomic mass is 9.74. The van der Waals surface area contributed by atoms with Gasteiger partial charge < -0.3 is 11.1 Å². The van der Waals surface area contributed by atoms with Crippen LogP contribution in [-0.2, 0) is 9.59 Å². The molecule has 2 atom stereocenters. The van der Waals surface area contributed by atoms with Crippen LogP contribution in [-0.4, -0.2) is 18.4 Å². The van der Waals surface area contributed by atoms with Crippen LogP contribution < -0.4 is 11.1 Å². The van der Waals surface area contributed by atoms with Crippen LogP contribution in [0.5, 0.6) is 0 Å². The normalized spacial score (nSPS) is 18.5. The van der Waals surface area contributed by atoms with Crippen LogP contribution in [0.3, 0.4) is 0 Å². The summed E-state index contributed by atoms with van der Waals surface area (Å²) in [5.74, 6) is -0.592. The zero-order valence-electron chi connectivity index (χ0n) is 11.2. The molecule has 4 nitrogen and oxygen atoms in total. The lowest BCUT2D eigenvalue weighted by molar-refractivity contribution is -0.134. The molecule has 4 heteroatoms. The summed E-state index contributed by atoms with van der Waals surface area (Å²) in [6.45, 7) is 6.11. The number of hydrogen-bond donors (Lipinski definition) is 2. The van der Waals surface area contributed by atoms with E-state index < -0.39 is 11.8 Å². The minimum Gasteiger partial charge on any atom is -0.369 e. The molecule has 1 rings (SSSR count). The van der Waals surface area contributed by atoms with Crippen molar-refractivity contribution in [3.8, 4) is 0 Å². The molecule has 0 heterocycles. The number of hydrogen-bond acceptors (Lipinski definition) is 2. The van der Waals surface area contributed by atoms with Crippen molar-refractivity contribution in [1.82, 2.24) is 5.32 Å². The van der Waals surface area contributed by atoms with Gasteiger partial charge in [0.1, 0.15) is 0 Å². The molecule has 0 bridgehead atoms. The van der Waals surface area contributed by atoms with Crippen LogP contribution in [0.15, 0.2) is 12.7 Å². The number of carbonyl (C=O) groups excluding carboxylic acids is 2. The molecule has 0 saturated heterocycles. The summed E-state index contributed by atoms with van der Waals surface area (Å²) in [5, 5.41) is 2.81. The topological polar surface area (TPSA) is 72.2 Å².